The van der Waals surface area contributed by atoms with Gasteiger partial charge in [0.1, 0.15) is 37.7 Å². The molecule has 1 aromatic heterocycles. The molecule has 1 fully saturated rings. The van der Waals surface area contributed by atoms with Crippen LogP contribution in [0, 0.1) is 0 Å². The van der Waals surface area contributed by atoms with Crippen molar-refractivity contribution in [1.82, 2.24) is 4.98 Å². The minimum atomic E-state index is -4.39. The topological polar surface area (TPSA) is 42.0 Å². The van der Waals surface area contributed by atoms with Gasteiger partial charge in [0.25, 0.3) is 0 Å². The molecule has 30 heavy (non-hydrogen) atoms. The molecule has 0 saturated carbocycles. The van der Waals surface area contributed by atoms with Crippen LogP contribution >= 0.6 is 11.6 Å². The summed E-state index contributed by atoms with van der Waals surface area (Å²) < 4.78 is 39.2. The Kier molecular flexibility index (Phi) is 5.61. The summed E-state index contributed by atoms with van der Waals surface area (Å²) in [6, 6.07) is 10.1. The highest BCUT2D eigenvalue weighted by Gasteiger charge is 2.35. The Labute approximate surface area is 177 Å². The first-order chi connectivity index (χ1) is 14.3. The Morgan fingerprint density at radius 1 is 1.07 bits per heavy atom. The summed E-state index contributed by atoms with van der Waals surface area (Å²) >= 11 is 6.50. The van der Waals surface area contributed by atoms with Crippen LogP contribution in [-0.4, -0.2) is 43.3 Å². The zero-order chi connectivity index (χ0) is 21.5. The lowest BCUT2D eigenvalue weighted by atomic mass is 9.93. The van der Waals surface area contributed by atoms with E-state index in [0.29, 0.717) is 27.1 Å². The van der Waals surface area contributed by atoms with Gasteiger partial charge in [-0.25, -0.2) is 0 Å². The van der Waals surface area contributed by atoms with Crippen molar-refractivity contribution in [1.29, 1.82) is 0 Å². The van der Waals surface area contributed by atoms with Crippen molar-refractivity contribution in [3.05, 3.63) is 70.4 Å². The number of piperazine rings is 1. The molecule has 1 aliphatic heterocycles. The second kappa shape index (κ2) is 8.06. The number of pyridine rings is 1. The molecule has 3 aromatic rings. The van der Waals surface area contributed by atoms with E-state index < -0.39 is 11.7 Å². The number of benzene rings is 2. The number of nitrogens with one attached hydrogen (secondary N) is 2. The first-order valence-electron chi connectivity index (χ1n) is 9.85. The number of alkyl halides is 3. The molecule has 1 aliphatic rings. The van der Waals surface area contributed by atoms with Crippen LogP contribution in [0.15, 0.2) is 48.7 Å². The Morgan fingerprint density at radius 3 is 2.37 bits per heavy atom. The van der Waals surface area contributed by atoms with Gasteiger partial charge >= 0.3 is 6.18 Å². The van der Waals surface area contributed by atoms with E-state index in [9.17, 15) is 18.3 Å². The summed E-state index contributed by atoms with van der Waals surface area (Å²) in [6.07, 6.45) is -2.81. The molecule has 0 radical (unpaired) electrons. The van der Waals surface area contributed by atoms with Crippen molar-refractivity contribution in [2.75, 3.05) is 33.2 Å². The molecular weight excluding hydrogens is 415 g/mol. The molecule has 0 bridgehead atoms. The zero-order valence-corrected chi connectivity index (χ0v) is 17.2. The lowest BCUT2D eigenvalue weighted by molar-refractivity contribution is -1.02. The number of halogens is 4. The Morgan fingerprint density at radius 2 is 1.73 bits per heavy atom. The fraction of sp³-hybridized carbons (Fsp3) is 0.318. The number of phenolic OH excluding ortho intramolecular Hbond substituents is 1. The third-order valence-electron chi connectivity index (χ3n) is 5.88. The van der Waals surface area contributed by atoms with E-state index in [4.69, 9.17) is 11.6 Å². The highest BCUT2D eigenvalue weighted by molar-refractivity contribution is 6.35. The molecule has 1 atom stereocenters. The van der Waals surface area contributed by atoms with Crippen molar-refractivity contribution in [2.24, 2.45) is 0 Å². The van der Waals surface area contributed by atoms with E-state index in [1.807, 2.05) is 0 Å². The molecule has 4 nitrogen and oxygen atoms in total. The molecule has 4 rings (SSSR count). The molecule has 8 heteroatoms. The SMILES string of the molecule is C[NH+]1CC[NH+](C(c2ccc(C(F)(F)F)cc2)c2cc(Cl)c3cccnc3c2O)CC1. The van der Waals surface area contributed by atoms with Crippen LogP contribution in [0.25, 0.3) is 10.9 Å². The second-order valence-electron chi connectivity index (χ2n) is 7.86. The van der Waals surface area contributed by atoms with Crippen molar-refractivity contribution in [3.63, 3.8) is 0 Å². The van der Waals surface area contributed by atoms with Crippen LogP contribution in [0.4, 0.5) is 13.2 Å². The van der Waals surface area contributed by atoms with Crippen molar-refractivity contribution in [3.8, 4) is 5.75 Å². The molecule has 0 aliphatic carbocycles. The maximum absolute atomic E-state index is 13.1. The van der Waals surface area contributed by atoms with Gasteiger partial charge in [0.15, 0.2) is 5.75 Å². The molecule has 1 saturated heterocycles. The van der Waals surface area contributed by atoms with Gasteiger partial charge in [-0.2, -0.15) is 13.2 Å². The molecule has 0 amide bonds. The first-order valence-corrected chi connectivity index (χ1v) is 10.2. The fourth-order valence-electron chi connectivity index (χ4n) is 4.21. The van der Waals surface area contributed by atoms with Crippen LogP contribution in [-0.2, 0) is 6.18 Å². The molecular formula is C22H23ClF3N3O+2. The van der Waals surface area contributed by atoms with E-state index >= 15 is 0 Å². The summed E-state index contributed by atoms with van der Waals surface area (Å²) in [5.41, 5.74) is 1.00. The molecule has 2 heterocycles. The van der Waals surface area contributed by atoms with Gasteiger partial charge in [-0.3, -0.25) is 4.98 Å². The smallest absolute Gasteiger partial charge is 0.416 e. The average Bonchev–Trinajstić information content (AvgIpc) is 2.73. The van der Waals surface area contributed by atoms with Crippen LogP contribution in [0.2, 0.25) is 5.02 Å². The number of likely N-dealkylation sites (N-methyl/N-ethyl adjacent to an activating group) is 1. The average molecular weight is 438 g/mol. The van der Waals surface area contributed by atoms with E-state index in [1.165, 1.54) is 21.9 Å². The van der Waals surface area contributed by atoms with E-state index in [0.717, 1.165) is 38.3 Å². The number of hydrogen-bond acceptors (Lipinski definition) is 2. The van der Waals surface area contributed by atoms with Crippen molar-refractivity contribution >= 4 is 22.5 Å². The van der Waals surface area contributed by atoms with E-state index in [-0.39, 0.29) is 11.8 Å². The third kappa shape index (κ3) is 3.97. The summed E-state index contributed by atoms with van der Waals surface area (Å²) in [5.74, 6) is 0.0265. The van der Waals surface area contributed by atoms with Gasteiger partial charge in [-0.05, 0) is 30.3 Å². The summed E-state index contributed by atoms with van der Waals surface area (Å²) in [5, 5.41) is 12.2. The number of aromatic nitrogens is 1. The van der Waals surface area contributed by atoms with Gasteiger partial charge in [0.2, 0.25) is 0 Å². The highest BCUT2D eigenvalue weighted by atomic mass is 35.5. The van der Waals surface area contributed by atoms with Gasteiger partial charge < -0.3 is 14.9 Å². The lowest BCUT2D eigenvalue weighted by Gasteiger charge is -2.34. The van der Waals surface area contributed by atoms with E-state index in [2.05, 4.69) is 12.0 Å². The zero-order valence-electron chi connectivity index (χ0n) is 16.4. The standard InChI is InChI=1S/C22H21ClF3N3O/c1-28-9-11-29(12-10-28)20(14-4-6-15(7-5-14)22(24,25)26)17-13-18(23)16-3-2-8-27-19(16)21(17)30/h2-8,13,20,30H,9-12H2,1H3/p+2. The summed E-state index contributed by atoms with van der Waals surface area (Å²) in [6.45, 7) is 3.53. The Bertz CT molecular complexity index is 1050. The quantitative estimate of drug-likeness (QED) is 0.587. The molecule has 3 N–H and O–H groups in total. The predicted molar refractivity (Wildman–Crippen MR) is 109 cm³/mol. The predicted octanol–water partition coefficient (Wildman–Crippen LogP) is 2.12. The Hall–Kier alpha value is -2.35. The largest absolute Gasteiger partial charge is 0.505 e. The minimum absolute atomic E-state index is 0.0265. The summed E-state index contributed by atoms with van der Waals surface area (Å²) in [4.78, 5) is 6.88. The number of fused-ring (bicyclic) bond motifs is 1. The third-order valence-corrected chi connectivity index (χ3v) is 6.19. The molecule has 158 valence electrons. The van der Waals surface area contributed by atoms with Gasteiger partial charge in [-0.15, -0.1) is 0 Å². The number of nitrogens with zero attached hydrogens (tertiary/aromatic N) is 1. The Balaban J connectivity index is 1.84. The lowest BCUT2D eigenvalue weighted by Crippen LogP contribution is -3.27. The van der Waals surface area contributed by atoms with Crippen molar-refractivity contribution in [2.45, 2.75) is 12.2 Å². The van der Waals surface area contributed by atoms with Crippen LogP contribution in [0.5, 0.6) is 5.75 Å². The van der Waals surface area contributed by atoms with Crippen LogP contribution in [0.3, 0.4) is 0 Å². The van der Waals surface area contributed by atoms with Crippen LogP contribution in [0.1, 0.15) is 22.7 Å². The monoisotopic (exact) mass is 437 g/mol. The number of hydrogen-bond donors (Lipinski definition) is 3. The number of aromatic hydroxyl groups is 1. The number of quaternary nitrogens is 2. The minimum Gasteiger partial charge on any atom is -0.505 e. The van der Waals surface area contributed by atoms with Gasteiger partial charge in [-0.1, -0.05) is 23.7 Å². The van der Waals surface area contributed by atoms with E-state index in [1.54, 1.807) is 24.4 Å². The number of rotatable bonds is 3. The highest BCUT2D eigenvalue weighted by Crippen LogP contribution is 2.38. The van der Waals surface area contributed by atoms with Gasteiger partial charge in [0, 0.05) is 17.1 Å². The molecule has 0 spiro atoms. The first kappa shape index (κ1) is 20.9. The van der Waals surface area contributed by atoms with Gasteiger partial charge in [0.05, 0.1) is 23.2 Å². The second-order valence-corrected chi connectivity index (χ2v) is 8.27. The molecule has 1 unspecified atom stereocenters. The summed E-state index contributed by atoms with van der Waals surface area (Å²) in [7, 11) is 2.12. The normalized spacial score (nSPS) is 21.0. The number of phenols is 1. The van der Waals surface area contributed by atoms with Crippen LogP contribution < -0.4 is 9.80 Å². The van der Waals surface area contributed by atoms with Crippen molar-refractivity contribution < 1.29 is 28.1 Å². The molecule has 2 aromatic carbocycles. The maximum Gasteiger partial charge on any atom is 0.416 e. The fourth-order valence-corrected chi connectivity index (χ4v) is 4.48. The maximum atomic E-state index is 13.1.